The third-order valence-electron chi connectivity index (χ3n) is 4.89. The van der Waals surface area contributed by atoms with E-state index in [1.54, 1.807) is 4.57 Å². The number of nitrogens with zero attached hydrogens (tertiary/aromatic N) is 4. The van der Waals surface area contributed by atoms with Gasteiger partial charge in [-0.1, -0.05) is 18.2 Å². The van der Waals surface area contributed by atoms with Gasteiger partial charge in [0.25, 0.3) is 5.91 Å². The Morgan fingerprint density at radius 1 is 1.12 bits per heavy atom. The van der Waals surface area contributed by atoms with Crippen LogP contribution in [0.15, 0.2) is 30.3 Å². The van der Waals surface area contributed by atoms with E-state index in [1.165, 1.54) is 0 Å². The van der Waals surface area contributed by atoms with Gasteiger partial charge in [-0.3, -0.25) is 4.79 Å². The maximum absolute atomic E-state index is 12.6. The summed E-state index contributed by atoms with van der Waals surface area (Å²) in [5, 5.41) is 17.8. The molecule has 2 atom stereocenters. The Bertz CT molecular complexity index is 786. The second kappa shape index (κ2) is 5.74. The molecule has 1 N–H and O–H groups in total. The summed E-state index contributed by atoms with van der Waals surface area (Å²) in [6.45, 7) is 1.20. The van der Waals surface area contributed by atoms with Crippen LogP contribution in [0.2, 0.25) is 0 Å². The summed E-state index contributed by atoms with van der Waals surface area (Å²) in [7, 11) is 0. The molecule has 1 fully saturated rings. The Hall–Kier alpha value is -2.70. The van der Waals surface area contributed by atoms with Crippen LogP contribution in [0.3, 0.4) is 0 Å². The number of benzene rings is 1. The lowest BCUT2D eigenvalue weighted by atomic mass is 10.1. The maximum Gasteiger partial charge on any atom is 0.326 e. The number of hydrogen-bond acceptors (Lipinski definition) is 4. The number of hydrogen-bond donors (Lipinski definition) is 1. The Morgan fingerprint density at radius 3 is 2.67 bits per heavy atom. The van der Waals surface area contributed by atoms with Gasteiger partial charge in [0.1, 0.15) is 17.7 Å². The Balaban J connectivity index is 1.54. The van der Waals surface area contributed by atoms with Crippen LogP contribution >= 0.6 is 0 Å². The number of fused-ring (bicyclic) bond motifs is 1. The molecule has 2 aliphatic rings. The summed E-state index contributed by atoms with van der Waals surface area (Å²) in [4.78, 5) is 25.8. The van der Waals surface area contributed by atoms with Gasteiger partial charge >= 0.3 is 5.97 Å². The van der Waals surface area contributed by atoms with E-state index >= 15 is 0 Å². The van der Waals surface area contributed by atoms with Crippen LogP contribution in [0, 0.1) is 0 Å². The third-order valence-corrected chi connectivity index (χ3v) is 4.89. The summed E-state index contributed by atoms with van der Waals surface area (Å²) >= 11 is 0. The molecule has 4 rings (SSSR count). The van der Waals surface area contributed by atoms with E-state index in [0.29, 0.717) is 37.3 Å². The molecule has 1 amide bonds. The molecule has 24 heavy (non-hydrogen) atoms. The number of carboxylic acids is 1. The largest absolute Gasteiger partial charge is 0.480 e. The van der Waals surface area contributed by atoms with Gasteiger partial charge in [-0.2, -0.15) is 0 Å². The highest BCUT2D eigenvalue weighted by molar-refractivity contribution is 5.94. The van der Waals surface area contributed by atoms with Gasteiger partial charge in [0.15, 0.2) is 0 Å². The van der Waals surface area contributed by atoms with Crippen molar-refractivity contribution in [3.63, 3.8) is 0 Å². The van der Waals surface area contributed by atoms with E-state index in [4.69, 9.17) is 0 Å². The molecule has 7 nitrogen and oxygen atoms in total. The first kappa shape index (κ1) is 14.9. The molecule has 2 aliphatic heterocycles. The number of carbonyl (C=O) groups is 2. The van der Waals surface area contributed by atoms with Crippen molar-refractivity contribution in [1.29, 1.82) is 0 Å². The fourth-order valence-electron chi connectivity index (χ4n) is 3.67. The number of likely N-dealkylation sites (tertiary alicyclic amines) is 1. The van der Waals surface area contributed by atoms with Crippen molar-refractivity contribution in [3.8, 4) is 0 Å². The Labute approximate surface area is 138 Å². The van der Waals surface area contributed by atoms with E-state index in [2.05, 4.69) is 10.2 Å². The quantitative estimate of drug-likeness (QED) is 0.923. The van der Waals surface area contributed by atoms with E-state index in [9.17, 15) is 14.7 Å². The zero-order chi connectivity index (χ0) is 16.7. The first-order valence-electron chi connectivity index (χ1n) is 8.16. The van der Waals surface area contributed by atoms with Gasteiger partial charge in [0, 0.05) is 31.0 Å². The van der Waals surface area contributed by atoms with Gasteiger partial charge in [-0.15, -0.1) is 10.2 Å². The van der Waals surface area contributed by atoms with Crippen molar-refractivity contribution in [3.05, 3.63) is 47.5 Å². The average Bonchev–Trinajstić information content (AvgIpc) is 3.30. The summed E-state index contributed by atoms with van der Waals surface area (Å²) in [5.41, 5.74) is 0.674. The van der Waals surface area contributed by atoms with Gasteiger partial charge in [-0.25, -0.2) is 4.79 Å². The molecule has 0 radical (unpaired) electrons. The first-order chi connectivity index (χ1) is 11.6. The van der Waals surface area contributed by atoms with Gasteiger partial charge in [0.05, 0.1) is 0 Å². The first-order valence-corrected chi connectivity index (χ1v) is 8.16. The molecule has 124 valence electrons. The van der Waals surface area contributed by atoms with Crippen LogP contribution in [-0.4, -0.2) is 49.7 Å². The normalized spacial score (nSPS) is 22.6. The minimum atomic E-state index is -0.843. The molecule has 3 heterocycles. The van der Waals surface area contributed by atoms with Crippen molar-refractivity contribution >= 4 is 11.9 Å². The molecule has 0 saturated carbocycles. The molecule has 0 spiro atoms. The molecule has 0 aliphatic carbocycles. The second-order valence-corrected chi connectivity index (χ2v) is 6.34. The maximum atomic E-state index is 12.6. The number of aryl methyl sites for hydroxylation is 1. The highest BCUT2D eigenvalue weighted by Crippen LogP contribution is 2.33. The summed E-state index contributed by atoms with van der Waals surface area (Å²) < 4.78 is 1.77. The Kier molecular flexibility index (Phi) is 3.55. The van der Waals surface area contributed by atoms with Crippen LogP contribution in [0.25, 0.3) is 0 Å². The lowest BCUT2D eigenvalue weighted by Gasteiger charge is -2.17. The number of rotatable bonds is 3. The van der Waals surface area contributed by atoms with Crippen molar-refractivity contribution < 1.29 is 14.7 Å². The Morgan fingerprint density at radius 2 is 1.92 bits per heavy atom. The van der Waals surface area contributed by atoms with Crippen molar-refractivity contribution in [2.75, 3.05) is 13.1 Å². The standard InChI is InChI=1S/C17H18N4O3/c22-16(11-4-2-1-3-5-11)20-9-8-12(10-20)15-19-18-14-7-6-13(17(23)24)21(14)15/h1-5,12-13H,6-10H2,(H,23,24). The molecule has 1 aromatic heterocycles. The lowest BCUT2D eigenvalue weighted by Crippen LogP contribution is -2.29. The summed E-state index contributed by atoms with van der Waals surface area (Å²) in [6.07, 6.45) is 1.99. The second-order valence-electron chi connectivity index (χ2n) is 6.34. The zero-order valence-electron chi connectivity index (χ0n) is 13.1. The highest BCUT2D eigenvalue weighted by Gasteiger charge is 2.37. The number of carboxylic acid groups (broad SMARTS) is 1. The minimum Gasteiger partial charge on any atom is -0.480 e. The zero-order valence-corrected chi connectivity index (χ0v) is 13.1. The summed E-state index contributed by atoms with van der Waals surface area (Å²) in [5.74, 6) is 0.654. The number of carbonyl (C=O) groups excluding carboxylic acids is 1. The fraction of sp³-hybridized carbons (Fsp3) is 0.412. The number of aliphatic carboxylic acids is 1. The summed E-state index contributed by atoms with van der Waals surface area (Å²) in [6, 6.07) is 8.63. The minimum absolute atomic E-state index is 0.00838. The fourth-order valence-corrected chi connectivity index (χ4v) is 3.67. The molecule has 1 saturated heterocycles. The topological polar surface area (TPSA) is 88.3 Å². The van der Waals surface area contributed by atoms with Crippen LogP contribution in [-0.2, 0) is 11.2 Å². The predicted molar refractivity (Wildman–Crippen MR) is 84.7 cm³/mol. The molecular formula is C17H18N4O3. The van der Waals surface area contributed by atoms with E-state index < -0.39 is 12.0 Å². The lowest BCUT2D eigenvalue weighted by molar-refractivity contribution is -0.140. The van der Waals surface area contributed by atoms with Gasteiger partial charge in [-0.05, 0) is 25.0 Å². The molecular weight excluding hydrogens is 308 g/mol. The van der Waals surface area contributed by atoms with E-state index in [0.717, 1.165) is 12.2 Å². The average molecular weight is 326 g/mol. The van der Waals surface area contributed by atoms with Crippen molar-refractivity contribution in [2.45, 2.75) is 31.2 Å². The van der Waals surface area contributed by atoms with Gasteiger partial charge in [0.2, 0.25) is 0 Å². The molecule has 0 bridgehead atoms. The van der Waals surface area contributed by atoms with Crippen LogP contribution in [0.4, 0.5) is 0 Å². The van der Waals surface area contributed by atoms with Crippen LogP contribution in [0.1, 0.15) is 46.8 Å². The van der Waals surface area contributed by atoms with E-state index in [-0.39, 0.29) is 11.8 Å². The van der Waals surface area contributed by atoms with E-state index in [1.807, 2.05) is 35.2 Å². The van der Waals surface area contributed by atoms with Crippen LogP contribution < -0.4 is 0 Å². The number of aromatic nitrogens is 3. The smallest absolute Gasteiger partial charge is 0.326 e. The molecule has 2 aromatic rings. The molecule has 7 heteroatoms. The molecule has 2 unspecified atom stereocenters. The van der Waals surface area contributed by atoms with Gasteiger partial charge < -0.3 is 14.6 Å². The third kappa shape index (κ3) is 2.36. The highest BCUT2D eigenvalue weighted by atomic mass is 16.4. The predicted octanol–water partition coefficient (Wildman–Crippen LogP) is 1.48. The van der Waals surface area contributed by atoms with Crippen LogP contribution in [0.5, 0.6) is 0 Å². The van der Waals surface area contributed by atoms with Crippen molar-refractivity contribution in [2.24, 2.45) is 0 Å². The SMILES string of the molecule is O=C(O)C1CCc2nnc(C3CCN(C(=O)c4ccccc4)C3)n21. The van der Waals surface area contributed by atoms with Crippen molar-refractivity contribution in [1.82, 2.24) is 19.7 Å². The molecule has 1 aromatic carbocycles. The monoisotopic (exact) mass is 326 g/mol. The number of amides is 1.